The second-order valence-corrected chi connectivity index (χ2v) is 7.00. The van der Waals surface area contributed by atoms with Crippen LogP contribution in [-0.2, 0) is 9.53 Å². The predicted octanol–water partition coefficient (Wildman–Crippen LogP) is 4.51. The van der Waals surface area contributed by atoms with Gasteiger partial charge < -0.3 is 10.1 Å². The molecule has 1 saturated carbocycles. The van der Waals surface area contributed by atoms with E-state index in [0.29, 0.717) is 15.8 Å². The number of hydrogen-bond acceptors (Lipinski definition) is 5. The highest BCUT2D eigenvalue weighted by Gasteiger charge is 2.24. The van der Waals surface area contributed by atoms with E-state index in [1.165, 1.54) is 24.9 Å². The molecule has 1 fully saturated rings. The van der Waals surface area contributed by atoms with Gasteiger partial charge in [-0.25, -0.2) is 9.78 Å². The highest BCUT2D eigenvalue weighted by molar-refractivity contribution is 7.20. The zero-order valence-electron chi connectivity index (χ0n) is 14.1. The maximum Gasteiger partial charge on any atom is 0.413 e. The molecule has 0 radical (unpaired) electrons. The van der Waals surface area contributed by atoms with Gasteiger partial charge in [0.15, 0.2) is 5.13 Å². The van der Waals surface area contributed by atoms with Gasteiger partial charge in [0.2, 0.25) is 5.91 Å². The molecule has 2 amide bonds. The molecule has 7 heteroatoms. The lowest BCUT2D eigenvalue weighted by Gasteiger charge is -2.20. The Balaban J connectivity index is 1.85. The summed E-state index contributed by atoms with van der Waals surface area (Å²) in [7, 11) is 1.30. The van der Waals surface area contributed by atoms with Crippen LogP contribution in [0.2, 0.25) is 0 Å². The lowest BCUT2D eigenvalue weighted by atomic mass is 9.89. The summed E-state index contributed by atoms with van der Waals surface area (Å²) in [6, 6.07) is 9.59. The average molecular weight is 359 g/mol. The monoisotopic (exact) mass is 359 g/mol. The van der Waals surface area contributed by atoms with E-state index < -0.39 is 6.09 Å². The molecule has 1 heterocycles. The number of amides is 2. The molecule has 1 aromatic heterocycles. The Morgan fingerprint density at radius 1 is 1.12 bits per heavy atom. The third-order valence-electron chi connectivity index (χ3n) is 4.28. The Labute approximate surface area is 150 Å². The summed E-state index contributed by atoms with van der Waals surface area (Å²) in [5.41, 5.74) is 1.54. The molecule has 0 bridgehead atoms. The molecule has 132 valence electrons. The number of anilines is 2. The molecule has 1 aliphatic carbocycles. The highest BCUT2D eigenvalue weighted by Crippen LogP contribution is 2.37. The average Bonchev–Trinajstić information content (AvgIpc) is 3.05. The topological polar surface area (TPSA) is 80.3 Å². The van der Waals surface area contributed by atoms with Gasteiger partial charge in [0.25, 0.3) is 0 Å². The Morgan fingerprint density at radius 3 is 2.52 bits per heavy atom. The summed E-state index contributed by atoms with van der Waals surface area (Å²) in [5, 5.41) is 6.62. The van der Waals surface area contributed by atoms with Crippen molar-refractivity contribution in [2.75, 3.05) is 17.7 Å². The van der Waals surface area contributed by atoms with Gasteiger partial charge in [0.05, 0.1) is 7.11 Å². The number of carbonyl (C=O) groups is 2. The van der Waals surface area contributed by atoms with Gasteiger partial charge in [-0.3, -0.25) is 10.1 Å². The quantitative estimate of drug-likeness (QED) is 0.842. The summed E-state index contributed by atoms with van der Waals surface area (Å²) in [6.07, 6.45) is 4.67. The van der Waals surface area contributed by atoms with E-state index >= 15 is 0 Å². The number of thiazole rings is 1. The highest BCUT2D eigenvalue weighted by atomic mass is 32.1. The van der Waals surface area contributed by atoms with Crippen LogP contribution in [-0.4, -0.2) is 24.1 Å². The van der Waals surface area contributed by atoms with Gasteiger partial charge in [0, 0.05) is 11.5 Å². The Bertz CT molecular complexity index is 739. The van der Waals surface area contributed by atoms with Crippen LogP contribution in [0.4, 0.5) is 14.9 Å². The molecule has 25 heavy (non-hydrogen) atoms. The van der Waals surface area contributed by atoms with Crippen LogP contribution < -0.4 is 10.6 Å². The largest absolute Gasteiger partial charge is 0.453 e. The van der Waals surface area contributed by atoms with Gasteiger partial charge in [-0.05, 0) is 12.8 Å². The number of nitrogens with zero attached hydrogens (tertiary/aromatic N) is 1. The first-order chi connectivity index (χ1) is 12.2. The molecule has 0 spiro atoms. The van der Waals surface area contributed by atoms with E-state index in [1.54, 1.807) is 0 Å². The minimum atomic E-state index is -0.585. The predicted molar refractivity (Wildman–Crippen MR) is 98.8 cm³/mol. The van der Waals surface area contributed by atoms with Gasteiger partial charge >= 0.3 is 6.09 Å². The molecular formula is C18H21N3O3S. The molecule has 0 unspecified atom stereocenters. The molecular weight excluding hydrogens is 338 g/mol. The SMILES string of the molecule is COC(=O)Nc1nc(-c2ccccc2)c(NC(=O)C2CCCCC2)s1. The smallest absolute Gasteiger partial charge is 0.413 e. The van der Waals surface area contributed by atoms with E-state index in [1.807, 2.05) is 30.3 Å². The van der Waals surface area contributed by atoms with Crippen LogP contribution in [0.15, 0.2) is 30.3 Å². The summed E-state index contributed by atoms with van der Waals surface area (Å²) in [5.74, 6) is 0.0849. The molecule has 0 aliphatic heterocycles. The van der Waals surface area contributed by atoms with Crippen molar-refractivity contribution in [2.24, 2.45) is 5.92 Å². The number of nitrogens with one attached hydrogen (secondary N) is 2. The first kappa shape index (κ1) is 17.4. The number of carbonyl (C=O) groups excluding carboxylic acids is 2. The maximum atomic E-state index is 12.6. The van der Waals surface area contributed by atoms with Gasteiger partial charge in [0.1, 0.15) is 10.7 Å². The van der Waals surface area contributed by atoms with Crippen molar-refractivity contribution in [3.8, 4) is 11.3 Å². The van der Waals surface area contributed by atoms with Crippen molar-refractivity contribution in [2.45, 2.75) is 32.1 Å². The summed E-state index contributed by atoms with van der Waals surface area (Å²) >= 11 is 1.24. The summed E-state index contributed by atoms with van der Waals surface area (Å²) in [6.45, 7) is 0. The lowest BCUT2D eigenvalue weighted by molar-refractivity contribution is -0.120. The van der Waals surface area contributed by atoms with E-state index in [4.69, 9.17) is 0 Å². The molecule has 2 N–H and O–H groups in total. The van der Waals surface area contributed by atoms with Crippen molar-refractivity contribution in [1.29, 1.82) is 0 Å². The fourth-order valence-corrected chi connectivity index (χ4v) is 3.84. The van der Waals surface area contributed by atoms with Crippen LogP contribution in [0.3, 0.4) is 0 Å². The fraction of sp³-hybridized carbons (Fsp3) is 0.389. The second-order valence-electron chi connectivity index (χ2n) is 6.00. The fourth-order valence-electron chi connectivity index (χ4n) is 2.97. The van der Waals surface area contributed by atoms with Gasteiger partial charge in [-0.1, -0.05) is 60.9 Å². The Morgan fingerprint density at radius 2 is 1.84 bits per heavy atom. The minimum absolute atomic E-state index is 0.0325. The molecule has 1 aromatic carbocycles. The van der Waals surface area contributed by atoms with Crippen LogP contribution in [0.5, 0.6) is 0 Å². The number of ether oxygens (including phenoxy) is 1. The second kappa shape index (κ2) is 8.11. The number of benzene rings is 1. The zero-order chi connectivity index (χ0) is 17.6. The normalized spacial score (nSPS) is 14.8. The van der Waals surface area contributed by atoms with Crippen LogP contribution in [0, 0.1) is 5.92 Å². The van der Waals surface area contributed by atoms with Gasteiger partial charge in [-0.2, -0.15) is 0 Å². The molecule has 0 saturated heterocycles. The first-order valence-corrected chi connectivity index (χ1v) is 9.21. The standard InChI is InChI=1S/C18H21N3O3S/c1-24-18(23)21-17-19-14(12-8-4-2-5-9-12)16(25-17)20-15(22)13-10-6-3-7-11-13/h2,4-5,8-9,13H,3,6-7,10-11H2,1H3,(H,20,22)(H,19,21,23). The third-order valence-corrected chi connectivity index (χ3v) is 5.17. The van der Waals surface area contributed by atoms with Crippen molar-refractivity contribution in [1.82, 2.24) is 4.98 Å². The van der Waals surface area contributed by atoms with Crippen LogP contribution >= 0.6 is 11.3 Å². The minimum Gasteiger partial charge on any atom is -0.453 e. The van der Waals surface area contributed by atoms with Crippen molar-refractivity contribution in [3.63, 3.8) is 0 Å². The van der Waals surface area contributed by atoms with E-state index in [-0.39, 0.29) is 11.8 Å². The van der Waals surface area contributed by atoms with Crippen molar-refractivity contribution < 1.29 is 14.3 Å². The summed E-state index contributed by atoms with van der Waals surface area (Å²) in [4.78, 5) is 28.5. The first-order valence-electron chi connectivity index (χ1n) is 8.39. The molecule has 2 aromatic rings. The lowest BCUT2D eigenvalue weighted by Crippen LogP contribution is -2.24. The molecule has 3 rings (SSSR count). The number of aromatic nitrogens is 1. The molecule has 6 nitrogen and oxygen atoms in total. The van der Waals surface area contributed by atoms with Crippen molar-refractivity contribution in [3.05, 3.63) is 30.3 Å². The van der Waals surface area contributed by atoms with Gasteiger partial charge in [-0.15, -0.1) is 0 Å². The van der Waals surface area contributed by atoms with Crippen molar-refractivity contribution >= 4 is 33.5 Å². The van der Waals surface area contributed by atoms with Crippen LogP contribution in [0.1, 0.15) is 32.1 Å². The van der Waals surface area contributed by atoms with E-state index in [2.05, 4.69) is 20.4 Å². The molecule has 0 atom stereocenters. The summed E-state index contributed by atoms with van der Waals surface area (Å²) < 4.78 is 4.61. The number of rotatable bonds is 4. The zero-order valence-corrected chi connectivity index (χ0v) is 14.9. The Kier molecular flexibility index (Phi) is 5.65. The van der Waals surface area contributed by atoms with Crippen LogP contribution in [0.25, 0.3) is 11.3 Å². The maximum absolute atomic E-state index is 12.6. The van der Waals surface area contributed by atoms with E-state index in [9.17, 15) is 9.59 Å². The molecule has 1 aliphatic rings. The van der Waals surface area contributed by atoms with E-state index in [0.717, 1.165) is 31.2 Å². The number of hydrogen-bond donors (Lipinski definition) is 2. The Hall–Kier alpha value is -2.41. The third kappa shape index (κ3) is 4.36. The number of methoxy groups -OCH3 is 1.